The number of benzene rings is 1. The van der Waals surface area contributed by atoms with Crippen LogP contribution in [0.2, 0.25) is 0 Å². The van der Waals surface area contributed by atoms with Crippen LogP contribution in [0, 0.1) is 0 Å². The van der Waals surface area contributed by atoms with Crippen molar-refractivity contribution in [2.45, 2.75) is 38.8 Å². The van der Waals surface area contributed by atoms with Crippen LogP contribution >= 0.6 is 0 Å². The highest BCUT2D eigenvalue weighted by molar-refractivity contribution is 6.04. The third-order valence-electron chi connectivity index (χ3n) is 4.48. The molecule has 1 aliphatic heterocycles. The van der Waals surface area contributed by atoms with Gasteiger partial charge < -0.3 is 5.32 Å². The van der Waals surface area contributed by atoms with Crippen molar-refractivity contribution in [1.82, 2.24) is 9.88 Å². The SMILES string of the molecule is CC1CCCCN1Cc1ccc(NC(=O)c2ccncc2)cc1. The van der Waals surface area contributed by atoms with Gasteiger partial charge in [0.25, 0.3) is 5.91 Å². The van der Waals surface area contributed by atoms with Gasteiger partial charge in [-0.2, -0.15) is 0 Å². The average Bonchev–Trinajstić information content (AvgIpc) is 2.59. The fourth-order valence-corrected chi connectivity index (χ4v) is 3.03. The second-order valence-electron chi connectivity index (χ2n) is 6.20. The van der Waals surface area contributed by atoms with Crippen molar-refractivity contribution in [3.63, 3.8) is 0 Å². The second kappa shape index (κ2) is 7.38. The first-order valence-corrected chi connectivity index (χ1v) is 8.27. The van der Waals surface area contributed by atoms with Crippen molar-refractivity contribution in [2.24, 2.45) is 0 Å². The minimum atomic E-state index is -0.107. The molecule has 120 valence electrons. The van der Waals surface area contributed by atoms with Crippen LogP contribution < -0.4 is 5.32 Å². The highest BCUT2D eigenvalue weighted by Crippen LogP contribution is 2.20. The summed E-state index contributed by atoms with van der Waals surface area (Å²) in [6, 6.07) is 12.2. The maximum atomic E-state index is 12.1. The lowest BCUT2D eigenvalue weighted by Crippen LogP contribution is -2.36. The number of rotatable bonds is 4. The van der Waals surface area contributed by atoms with Crippen LogP contribution in [0.15, 0.2) is 48.8 Å². The van der Waals surface area contributed by atoms with Crippen molar-refractivity contribution < 1.29 is 4.79 Å². The van der Waals surface area contributed by atoms with E-state index in [9.17, 15) is 4.79 Å². The average molecular weight is 309 g/mol. The molecule has 0 bridgehead atoms. The Bertz CT molecular complexity index is 639. The third kappa shape index (κ3) is 4.17. The van der Waals surface area contributed by atoms with Gasteiger partial charge in [0.1, 0.15) is 0 Å². The van der Waals surface area contributed by atoms with Gasteiger partial charge >= 0.3 is 0 Å². The molecular weight excluding hydrogens is 286 g/mol. The molecule has 2 heterocycles. The van der Waals surface area contributed by atoms with Gasteiger partial charge in [-0.05, 0) is 56.1 Å². The first-order valence-electron chi connectivity index (χ1n) is 8.27. The van der Waals surface area contributed by atoms with Crippen LogP contribution in [0.3, 0.4) is 0 Å². The minimum Gasteiger partial charge on any atom is -0.322 e. The Morgan fingerprint density at radius 2 is 1.91 bits per heavy atom. The summed E-state index contributed by atoms with van der Waals surface area (Å²) in [6.07, 6.45) is 7.18. The smallest absolute Gasteiger partial charge is 0.255 e. The number of hydrogen-bond acceptors (Lipinski definition) is 3. The Labute approximate surface area is 137 Å². The Morgan fingerprint density at radius 1 is 1.17 bits per heavy atom. The number of nitrogens with one attached hydrogen (secondary N) is 1. The van der Waals surface area contributed by atoms with Crippen LogP contribution in [-0.4, -0.2) is 28.4 Å². The van der Waals surface area contributed by atoms with Crippen LogP contribution in [0.1, 0.15) is 42.1 Å². The van der Waals surface area contributed by atoms with Gasteiger partial charge in [-0.25, -0.2) is 0 Å². The van der Waals surface area contributed by atoms with Gasteiger partial charge in [-0.15, -0.1) is 0 Å². The van der Waals surface area contributed by atoms with E-state index in [2.05, 4.69) is 34.3 Å². The molecular formula is C19H23N3O. The highest BCUT2D eigenvalue weighted by Gasteiger charge is 2.17. The molecule has 0 spiro atoms. The quantitative estimate of drug-likeness (QED) is 0.936. The van der Waals surface area contributed by atoms with Crippen molar-refractivity contribution >= 4 is 11.6 Å². The molecule has 0 radical (unpaired) electrons. The molecule has 1 saturated heterocycles. The topological polar surface area (TPSA) is 45.2 Å². The molecule has 1 unspecified atom stereocenters. The molecule has 1 aliphatic rings. The lowest BCUT2D eigenvalue weighted by molar-refractivity contribution is 0.102. The summed E-state index contributed by atoms with van der Waals surface area (Å²) < 4.78 is 0. The Kier molecular flexibility index (Phi) is 5.03. The molecule has 4 heteroatoms. The maximum absolute atomic E-state index is 12.1. The normalized spacial score (nSPS) is 18.6. The first kappa shape index (κ1) is 15.7. The van der Waals surface area contributed by atoms with E-state index in [1.54, 1.807) is 24.5 Å². The molecule has 1 aromatic carbocycles. The zero-order valence-corrected chi connectivity index (χ0v) is 13.5. The zero-order chi connectivity index (χ0) is 16.1. The Hall–Kier alpha value is -2.20. The lowest BCUT2D eigenvalue weighted by atomic mass is 10.0. The van der Waals surface area contributed by atoms with E-state index >= 15 is 0 Å². The molecule has 4 nitrogen and oxygen atoms in total. The van der Waals surface area contributed by atoms with Crippen molar-refractivity contribution in [3.8, 4) is 0 Å². The Morgan fingerprint density at radius 3 is 2.61 bits per heavy atom. The zero-order valence-electron chi connectivity index (χ0n) is 13.5. The van der Waals surface area contributed by atoms with Crippen LogP contribution in [-0.2, 0) is 6.54 Å². The van der Waals surface area contributed by atoms with E-state index in [1.807, 2.05) is 12.1 Å². The van der Waals surface area contributed by atoms with E-state index in [1.165, 1.54) is 31.4 Å². The molecule has 0 aliphatic carbocycles. The highest BCUT2D eigenvalue weighted by atomic mass is 16.1. The fourth-order valence-electron chi connectivity index (χ4n) is 3.03. The van der Waals surface area contributed by atoms with Gasteiger partial charge in [-0.1, -0.05) is 18.6 Å². The summed E-state index contributed by atoms with van der Waals surface area (Å²) in [6.45, 7) is 4.48. The number of carbonyl (C=O) groups is 1. The van der Waals surface area contributed by atoms with Crippen LogP contribution in [0.25, 0.3) is 0 Å². The van der Waals surface area contributed by atoms with Crippen LogP contribution in [0.5, 0.6) is 0 Å². The summed E-state index contributed by atoms with van der Waals surface area (Å²) in [5, 5.41) is 2.92. The molecule has 1 aromatic heterocycles. The maximum Gasteiger partial charge on any atom is 0.255 e. The molecule has 2 aromatic rings. The van der Waals surface area contributed by atoms with Gasteiger partial charge in [0.15, 0.2) is 0 Å². The van der Waals surface area contributed by atoms with Crippen LogP contribution in [0.4, 0.5) is 5.69 Å². The number of aromatic nitrogens is 1. The Balaban J connectivity index is 1.60. The number of amides is 1. The number of piperidine rings is 1. The monoisotopic (exact) mass is 309 g/mol. The van der Waals surface area contributed by atoms with Gasteiger partial charge in [-0.3, -0.25) is 14.7 Å². The molecule has 3 rings (SSSR count). The number of hydrogen-bond donors (Lipinski definition) is 1. The van der Waals surface area contributed by atoms with Crippen molar-refractivity contribution in [1.29, 1.82) is 0 Å². The van der Waals surface area contributed by atoms with Gasteiger partial charge in [0.05, 0.1) is 0 Å². The predicted octanol–water partition coefficient (Wildman–Crippen LogP) is 3.71. The molecule has 23 heavy (non-hydrogen) atoms. The summed E-state index contributed by atoms with van der Waals surface area (Å²) in [5.41, 5.74) is 2.73. The van der Waals surface area contributed by atoms with E-state index in [0.29, 0.717) is 11.6 Å². The van der Waals surface area contributed by atoms with E-state index in [4.69, 9.17) is 0 Å². The van der Waals surface area contributed by atoms with E-state index in [-0.39, 0.29) is 5.91 Å². The number of nitrogens with zero attached hydrogens (tertiary/aromatic N) is 2. The summed E-state index contributed by atoms with van der Waals surface area (Å²) >= 11 is 0. The fraction of sp³-hybridized carbons (Fsp3) is 0.368. The molecule has 1 amide bonds. The van der Waals surface area contributed by atoms with Gasteiger partial charge in [0.2, 0.25) is 0 Å². The predicted molar refractivity (Wildman–Crippen MR) is 92.4 cm³/mol. The third-order valence-corrected chi connectivity index (χ3v) is 4.48. The standard InChI is InChI=1S/C19H23N3O/c1-15-4-2-3-13-22(15)14-16-5-7-18(8-6-16)21-19(23)17-9-11-20-12-10-17/h5-12,15H,2-4,13-14H2,1H3,(H,21,23). The van der Waals surface area contributed by atoms with Crippen molar-refractivity contribution in [2.75, 3.05) is 11.9 Å². The molecule has 1 N–H and O–H groups in total. The summed E-state index contributed by atoms with van der Waals surface area (Å²) in [4.78, 5) is 18.6. The first-order chi connectivity index (χ1) is 11.2. The number of pyridine rings is 1. The number of likely N-dealkylation sites (tertiary alicyclic amines) is 1. The van der Waals surface area contributed by atoms with E-state index in [0.717, 1.165) is 12.2 Å². The molecule has 1 atom stereocenters. The minimum absolute atomic E-state index is 0.107. The lowest BCUT2D eigenvalue weighted by Gasteiger charge is -2.33. The summed E-state index contributed by atoms with van der Waals surface area (Å²) in [5.74, 6) is -0.107. The number of anilines is 1. The van der Waals surface area contributed by atoms with Crippen molar-refractivity contribution in [3.05, 3.63) is 59.9 Å². The molecule has 0 saturated carbocycles. The molecule has 1 fully saturated rings. The second-order valence-corrected chi connectivity index (χ2v) is 6.20. The van der Waals surface area contributed by atoms with Gasteiger partial charge in [0, 0.05) is 36.2 Å². The largest absolute Gasteiger partial charge is 0.322 e. The number of carbonyl (C=O) groups excluding carboxylic acids is 1. The summed E-state index contributed by atoms with van der Waals surface area (Å²) in [7, 11) is 0. The van der Waals surface area contributed by atoms with E-state index < -0.39 is 0 Å².